The van der Waals surface area contributed by atoms with Crippen molar-refractivity contribution in [3.63, 3.8) is 0 Å². The number of methoxy groups -OCH3 is 2. The summed E-state index contributed by atoms with van der Waals surface area (Å²) in [5.41, 5.74) is 2.53. The number of rotatable bonds is 9. The molecule has 9 nitrogen and oxygen atoms in total. The minimum absolute atomic E-state index is 0.260. The third-order valence-corrected chi connectivity index (χ3v) is 6.74. The van der Waals surface area contributed by atoms with E-state index in [1.54, 1.807) is 101 Å². The van der Waals surface area contributed by atoms with Crippen LogP contribution in [0.15, 0.2) is 76.6 Å². The Kier molecular flexibility index (Phi) is 9.23. The summed E-state index contributed by atoms with van der Waals surface area (Å²) in [6.45, 7) is 4.02. The molecule has 0 N–H and O–H groups in total. The van der Waals surface area contributed by atoms with Crippen LogP contribution in [0.3, 0.4) is 0 Å². The van der Waals surface area contributed by atoms with Crippen molar-refractivity contribution in [3.8, 4) is 11.5 Å². The van der Waals surface area contributed by atoms with Crippen LogP contribution in [0.5, 0.6) is 11.5 Å². The van der Waals surface area contributed by atoms with E-state index >= 15 is 0 Å². The first-order valence-electron chi connectivity index (χ1n) is 12.5. The summed E-state index contributed by atoms with van der Waals surface area (Å²) in [7, 11) is 3.11. The Morgan fingerprint density at radius 3 is 2.00 bits per heavy atom. The SMILES string of the molecule is CCOC(=O)c1ccc(N=C2S/C(=C\c3ccc(OC)cc3OC)C(=O)N2c2ccc(C(=O)OCC)cc2)cc1. The van der Waals surface area contributed by atoms with E-state index in [2.05, 4.69) is 0 Å². The normalized spacial score (nSPS) is 14.9. The zero-order valence-corrected chi connectivity index (χ0v) is 23.3. The van der Waals surface area contributed by atoms with Gasteiger partial charge in [0.2, 0.25) is 0 Å². The van der Waals surface area contributed by atoms with E-state index in [-0.39, 0.29) is 19.1 Å². The standard InChI is InChI=1S/C30H28N2O7S/c1-5-38-28(34)19-7-12-22(13-8-19)31-30-32(23-14-9-20(10-15-23)29(35)39-6-2)27(33)26(40-30)17-21-11-16-24(36-3)18-25(21)37-4/h7-18H,5-6H2,1-4H3/b26-17-,31-30?. The first kappa shape index (κ1) is 28.4. The minimum atomic E-state index is -0.445. The lowest BCUT2D eigenvalue weighted by Crippen LogP contribution is -2.28. The first-order chi connectivity index (χ1) is 19.4. The summed E-state index contributed by atoms with van der Waals surface area (Å²) in [5, 5.41) is 0.400. The largest absolute Gasteiger partial charge is 0.497 e. The van der Waals surface area contributed by atoms with Gasteiger partial charge in [-0.2, -0.15) is 0 Å². The molecule has 1 aliphatic heterocycles. The van der Waals surface area contributed by atoms with Gasteiger partial charge in [-0.05, 0) is 92.3 Å². The molecule has 0 atom stereocenters. The lowest BCUT2D eigenvalue weighted by atomic mass is 10.1. The van der Waals surface area contributed by atoms with Gasteiger partial charge in [0.15, 0.2) is 5.17 Å². The Balaban J connectivity index is 1.73. The Bertz CT molecular complexity index is 1460. The van der Waals surface area contributed by atoms with Crippen molar-refractivity contribution in [3.05, 3.63) is 88.3 Å². The number of anilines is 1. The average molecular weight is 561 g/mol. The Morgan fingerprint density at radius 1 is 0.850 bits per heavy atom. The molecule has 0 radical (unpaired) electrons. The molecule has 1 amide bonds. The van der Waals surface area contributed by atoms with E-state index in [0.717, 1.165) is 0 Å². The van der Waals surface area contributed by atoms with Crippen molar-refractivity contribution in [1.82, 2.24) is 0 Å². The Morgan fingerprint density at radius 2 is 1.45 bits per heavy atom. The lowest BCUT2D eigenvalue weighted by Gasteiger charge is -2.16. The third-order valence-electron chi connectivity index (χ3n) is 5.77. The molecule has 1 aliphatic rings. The van der Waals surface area contributed by atoms with Crippen LogP contribution in [0.1, 0.15) is 40.1 Å². The second-order valence-corrected chi connectivity index (χ2v) is 9.30. The van der Waals surface area contributed by atoms with Gasteiger partial charge in [-0.25, -0.2) is 14.6 Å². The maximum atomic E-state index is 13.7. The monoisotopic (exact) mass is 560 g/mol. The zero-order valence-electron chi connectivity index (χ0n) is 22.5. The number of hydrogen-bond acceptors (Lipinski definition) is 9. The maximum absolute atomic E-state index is 13.7. The number of ether oxygens (including phenoxy) is 4. The molecule has 206 valence electrons. The predicted octanol–water partition coefficient (Wildman–Crippen LogP) is 5.87. The van der Waals surface area contributed by atoms with Crippen LogP contribution in [-0.2, 0) is 14.3 Å². The van der Waals surface area contributed by atoms with Crippen LogP contribution >= 0.6 is 11.8 Å². The van der Waals surface area contributed by atoms with E-state index < -0.39 is 11.9 Å². The lowest BCUT2D eigenvalue weighted by molar-refractivity contribution is -0.113. The van der Waals surface area contributed by atoms with Crippen LogP contribution in [0, 0.1) is 0 Å². The number of esters is 2. The number of carbonyl (C=O) groups is 3. The smallest absolute Gasteiger partial charge is 0.338 e. The number of nitrogens with zero attached hydrogens (tertiary/aromatic N) is 2. The summed E-state index contributed by atoms with van der Waals surface area (Å²) in [4.78, 5) is 44.5. The molecule has 3 aromatic carbocycles. The second kappa shape index (κ2) is 13.0. The molecule has 0 spiro atoms. The molecule has 0 bridgehead atoms. The molecular formula is C30H28N2O7S. The van der Waals surface area contributed by atoms with E-state index in [4.69, 9.17) is 23.9 Å². The number of amides is 1. The number of aliphatic imine (C=N–C) groups is 1. The number of carbonyl (C=O) groups excluding carboxylic acids is 3. The van der Waals surface area contributed by atoms with Crippen LogP contribution < -0.4 is 14.4 Å². The fourth-order valence-electron chi connectivity index (χ4n) is 3.81. The molecule has 0 saturated carbocycles. The van der Waals surface area contributed by atoms with Crippen molar-refractivity contribution in [2.75, 3.05) is 32.3 Å². The molecule has 4 rings (SSSR count). The highest BCUT2D eigenvalue weighted by Crippen LogP contribution is 2.39. The van der Waals surface area contributed by atoms with Crippen molar-refractivity contribution in [1.29, 1.82) is 0 Å². The topological polar surface area (TPSA) is 104 Å². The van der Waals surface area contributed by atoms with Gasteiger partial charge >= 0.3 is 11.9 Å². The molecular weight excluding hydrogens is 532 g/mol. The average Bonchev–Trinajstić information content (AvgIpc) is 3.27. The fourth-order valence-corrected chi connectivity index (χ4v) is 4.81. The molecule has 0 aliphatic carbocycles. The van der Waals surface area contributed by atoms with Gasteiger partial charge < -0.3 is 18.9 Å². The minimum Gasteiger partial charge on any atom is -0.497 e. The first-order valence-corrected chi connectivity index (χ1v) is 13.3. The number of thioether (sulfide) groups is 1. The molecule has 1 saturated heterocycles. The van der Waals surface area contributed by atoms with E-state index in [1.165, 1.54) is 16.7 Å². The van der Waals surface area contributed by atoms with Gasteiger partial charge in [-0.1, -0.05) is 0 Å². The fraction of sp³-hybridized carbons (Fsp3) is 0.200. The highest BCUT2D eigenvalue weighted by Gasteiger charge is 2.35. The number of benzene rings is 3. The quantitative estimate of drug-likeness (QED) is 0.237. The van der Waals surface area contributed by atoms with Gasteiger partial charge in [-0.3, -0.25) is 9.69 Å². The second-order valence-electron chi connectivity index (χ2n) is 8.29. The Labute approximate surface area is 236 Å². The van der Waals surface area contributed by atoms with Gasteiger partial charge in [0.05, 0.1) is 54.8 Å². The molecule has 0 aromatic heterocycles. The van der Waals surface area contributed by atoms with E-state index in [0.29, 0.717) is 49.6 Å². The van der Waals surface area contributed by atoms with E-state index in [9.17, 15) is 14.4 Å². The molecule has 40 heavy (non-hydrogen) atoms. The highest BCUT2D eigenvalue weighted by atomic mass is 32.2. The third kappa shape index (κ3) is 6.35. The van der Waals surface area contributed by atoms with E-state index in [1.807, 2.05) is 0 Å². The van der Waals surface area contributed by atoms with Crippen LogP contribution in [0.2, 0.25) is 0 Å². The van der Waals surface area contributed by atoms with Crippen molar-refractivity contribution < 1.29 is 33.3 Å². The van der Waals surface area contributed by atoms with Gasteiger partial charge in [0.25, 0.3) is 5.91 Å². The summed E-state index contributed by atoms with van der Waals surface area (Å²) in [6, 6.07) is 18.5. The van der Waals surface area contributed by atoms with Crippen LogP contribution in [0.25, 0.3) is 6.08 Å². The molecule has 3 aromatic rings. The zero-order chi connectivity index (χ0) is 28.6. The van der Waals surface area contributed by atoms with Gasteiger partial charge in [-0.15, -0.1) is 0 Å². The Hall–Kier alpha value is -4.57. The van der Waals surface area contributed by atoms with Crippen LogP contribution in [0.4, 0.5) is 11.4 Å². The number of amidine groups is 1. The summed E-state index contributed by atoms with van der Waals surface area (Å²) in [5.74, 6) is 0.00783. The maximum Gasteiger partial charge on any atom is 0.338 e. The van der Waals surface area contributed by atoms with Crippen LogP contribution in [-0.4, -0.2) is 50.4 Å². The molecule has 0 unspecified atom stereocenters. The summed E-state index contributed by atoms with van der Waals surface area (Å²) < 4.78 is 20.9. The summed E-state index contributed by atoms with van der Waals surface area (Å²) in [6.07, 6.45) is 1.73. The van der Waals surface area contributed by atoms with Gasteiger partial charge in [0.1, 0.15) is 11.5 Å². The highest BCUT2D eigenvalue weighted by molar-refractivity contribution is 8.19. The predicted molar refractivity (Wildman–Crippen MR) is 154 cm³/mol. The van der Waals surface area contributed by atoms with Crippen molar-refractivity contribution in [2.24, 2.45) is 4.99 Å². The van der Waals surface area contributed by atoms with Gasteiger partial charge in [0, 0.05) is 11.6 Å². The molecule has 1 fully saturated rings. The summed E-state index contributed by atoms with van der Waals surface area (Å²) >= 11 is 1.20. The van der Waals surface area contributed by atoms with Crippen molar-refractivity contribution >= 4 is 52.2 Å². The molecule has 10 heteroatoms. The van der Waals surface area contributed by atoms with Crippen molar-refractivity contribution in [2.45, 2.75) is 13.8 Å². The molecule has 1 heterocycles. The number of hydrogen-bond donors (Lipinski definition) is 0.